The largest absolute Gasteiger partial charge is 0.391 e. The van der Waals surface area contributed by atoms with Crippen molar-refractivity contribution in [3.05, 3.63) is 34.6 Å². The third kappa shape index (κ3) is 4.10. The maximum absolute atomic E-state index is 13.8. The van der Waals surface area contributed by atoms with Gasteiger partial charge in [0.15, 0.2) is 0 Å². The van der Waals surface area contributed by atoms with Crippen LogP contribution in [0, 0.1) is 17.7 Å². The molecular weight excluding hydrogens is 306 g/mol. The second-order valence-electron chi connectivity index (χ2n) is 5.75. The van der Waals surface area contributed by atoms with Crippen LogP contribution in [-0.4, -0.2) is 12.2 Å². The number of alkyl halides is 3. The van der Waals surface area contributed by atoms with Crippen LogP contribution >= 0.6 is 11.6 Å². The zero-order valence-electron chi connectivity index (χ0n) is 11.5. The first kappa shape index (κ1) is 16.6. The van der Waals surface area contributed by atoms with Gasteiger partial charge in [-0.15, -0.1) is 0 Å². The van der Waals surface area contributed by atoms with Crippen LogP contribution < -0.4 is 5.73 Å². The Bertz CT molecular complexity index is 489. The highest BCUT2D eigenvalue weighted by Gasteiger charge is 2.43. The molecule has 0 saturated heterocycles. The van der Waals surface area contributed by atoms with Gasteiger partial charge in [-0.2, -0.15) is 13.2 Å². The Morgan fingerprint density at radius 1 is 1.29 bits per heavy atom. The van der Waals surface area contributed by atoms with E-state index in [1.165, 1.54) is 6.07 Å². The van der Waals surface area contributed by atoms with Gasteiger partial charge in [0, 0.05) is 6.04 Å². The number of benzene rings is 1. The fourth-order valence-corrected chi connectivity index (χ4v) is 3.23. The number of rotatable bonds is 3. The summed E-state index contributed by atoms with van der Waals surface area (Å²) in [4.78, 5) is 0. The molecule has 0 aromatic heterocycles. The van der Waals surface area contributed by atoms with Crippen LogP contribution in [0.15, 0.2) is 18.2 Å². The van der Waals surface area contributed by atoms with Crippen molar-refractivity contribution >= 4 is 11.6 Å². The second kappa shape index (κ2) is 6.53. The Hall–Kier alpha value is -0.810. The predicted molar refractivity (Wildman–Crippen MR) is 74.6 cm³/mol. The maximum Gasteiger partial charge on any atom is 0.391 e. The molecule has 1 aliphatic carbocycles. The normalized spacial score (nSPS) is 24.9. The van der Waals surface area contributed by atoms with Crippen molar-refractivity contribution in [1.29, 1.82) is 0 Å². The van der Waals surface area contributed by atoms with Gasteiger partial charge in [0.1, 0.15) is 5.82 Å². The molecule has 1 aromatic rings. The zero-order valence-corrected chi connectivity index (χ0v) is 12.2. The summed E-state index contributed by atoms with van der Waals surface area (Å²) in [6.45, 7) is 0. The molecule has 0 radical (unpaired) electrons. The smallest absolute Gasteiger partial charge is 0.327 e. The van der Waals surface area contributed by atoms with Crippen LogP contribution in [0.4, 0.5) is 17.6 Å². The molecule has 118 valence electrons. The van der Waals surface area contributed by atoms with Crippen LogP contribution in [0.25, 0.3) is 0 Å². The number of nitrogens with two attached hydrogens (primary N) is 1. The lowest BCUT2D eigenvalue weighted by Gasteiger charge is -2.34. The summed E-state index contributed by atoms with van der Waals surface area (Å²) < 4.78 is 52.2. The number of hydrogen-bond acceptors (Lipinski definition) is 1. The molecular formula is C15H18ClF4N. The lowest BCUT2D eigenvalue weighted by Crippen LogP contribution is -2.39. The van der Waals surface area contributed by atoms with Gasteiger partial charge in [0.25, 0.3) is 0 Å². The highest BCUT2D eigenvalue weighted by Crippen LogP contribution is 2.41. The van der Waals surface area contributed by atoms with Crippen LogP contribution in [0.5, 0.6) is 0 Å². The Kier molecular flexibility index (Phi) is 5.15. The van der Waals surface area contributed by atoms with Crippen LogP contribution in [0.2, 0.25) is 5.02 Å². The molecule has 0 aliphatic heterocycles. The zero-order chi connectivity index (χ0) is 15.6. The molecule has 1 aliphatic rings. The van der Waals surface area contributed by atoms with Crippen molar-refractivity contribution in [2.75, 3.05) is 0 Å². The first-order valence-corrected chi connectivity index (χ1v) is 7.42. The van der Waals surface area contributed by atoms with Crippen molar-refractivity contribution in [1.82, 2.24) is 0 Å². The van der Waals surface area contributed by atoms with Crippen LogP contribution in [0.1, 0.15) is 31.2 Å². The molecule has 0 bridgehead atoms. The summed E-state index contributed by atoms with van der Waals surface area (Å²) in [6.07, 6.45) is -2.58. The summed E-state index contributed by atoms with van der Waals surface area (Å²) in [6, 6.07) is 4.15. The Morgan fingerprint density at radius 3 is 2.67 bits per heavy atom. The van der Waals surface area contributed by atoms with E-state index in [-0.39, 0.29) is 30.2 Å². The molecule has 2 rings (SSSR count). The van der Waals surface area contributed by atoms with Gasteiger partial charge >= 0.3 is 6.18 Å². The molecule has 21 heavy (non-hydrogen) atoms. The first-order chi connectivity index (χ1) is 9.79. The first-order valence-electron chi connectivity index (χ1n) is 7.04. The molecule has 0 heterocycles. The molecule has 1 fully saturated rings. The van der Waals surface area contributed by atoms with Crippen molar-refractivity contribution in [3.63, 3.8) is 0 Å². The van der Waals surface area contributed by atoms with Gasteiger partial charge in [-0.25, -0.2) is 4.39 Å². The van der Waals surface area contributed by atoms with Gasteiger partial charge in [-0.3, -0.25) is 0 Å². The Labute approximate surface area is 126 Å². The van der Waals surface area contributed by atoms with Gasteiger partial charge < -0.3 is 5.73 Å². The number of hydrogen-bond donors (Lipinski definition) is 1. The summed E-state index contributed by atoms with van der Waals surface area (Å²) in [5.41, 5.74) is 6.39. The van der Waals surface area contributed by atoms with E-state index in [0.29, 0.717) is 18.4 Å². The fraction of sp³-hybridized carbons (Fsp3) is 0.600. The monoisotopic (exact) mass is 323 g/mol. The maximum atomic E-state index is 13.8. The van der Waals surface area contributed by atoms with E-state index < -0.39 is 24.0 Å². The van der Waals surface area contributed by atoms with E-state index in [4.69, 9.17) is 17.3 Å². The van der Waals surface area contributed by atoms with Gasteiger partial charge in [0.2, 0.25) is 0 Å². The number of halogens is 5. The molecule has 0 amide bonds. The third-order valence-electron chi connectivity index (χ3n) is 4.27. The minimum absolute atomic E-state index is 0.0107. The summed E-state index contributed by atoms with van der Waals surface area (Å²) in [5, 5.41) is 0.0107. The topological polar surface area (TPSA) is 26.0 Å². The van der Waals surface area contributed by atoms with Crippen molar-refractivity contribution in [2.45, 2.75) is 44.3 Å². The third-order valence-corrected chi connectivity index (χ3v) is 4.56. The lowest BCUT2D eigenvalue weighted by atomic mass is 9.76. The Morgan fingerprint density at radius 2 is 2.00 bits per heavy atom. The van der Waals surface area contributed by atoms with Gasteiger partial charge in [-0.1, -0.05) is 30.2 Å². The fourth-order valence-electron chi connectivity index (χ4n) is 3.04. The van der Waals surface area contributed by atoms with E-state index in [1.807, 2.05) is 0 Å². The van der Waals surface area contributed by atoms with E-state index in [1.54, 1.807) is 12.1 Å². The van der Waals surface area contributed by atoms with Gasteiger partial charge in [0.05, 0.1) is 10.9 Å². The molecule has 1 nitrogen and oxygen atoms in total. The van der Waals surface area contributed by atoms with E-state index in [0.717, 1.165) is 0 Å². The average Bonchev–Trinajstić information content (AvgIpc) is 2.43. The van der Waals surface area contributed by atoms with E-state index >= 15 is 0 Å². The quantitative estimate of drug-likeness (QED) is 0.800. The molecule has 1 saturated carbocycles. The highest BCUT2D eigenvalue weighted by atomic mass is 35.5. The van der Waals surface area contributed by atoms with E-state index in [9.17, 15) is 17.6 Å². The minimum atomic E-state index is -4.17. The van der Waals surface area contributed by atoms with E-state index in [2.05, 4.69) is 0 Å². The average molecular weight is 324 g/mol. The molecule has 3 unspecified atom stereocenters. The standard InChI is InChI=1S/C15H18ClF4N/c16-12-6-2-4-10(14(12)17)8-13(21)9-3-1-5-11(7-9)15(18,19)20/h2,4,6,9,11,13H,1,3,5,7-8,21H2. The SMILES string of the molecule is NC(Cc1cccc(Cl)c1F)C1CCCC(C(F)(F)F)C1. The second-order valence-corrected chi connectivity index (χ2v) is 6.15. The Balaban J connectivity index is 2.03. The van der Waals surface area contributed by atoms with Crippen molar-refractivity contribution in [2.24, 2.45) is 17.6 Å². The molecule has 0 spiro atoms. The highest BCUT2D eigenvalue weighted by molar-refractivity contribution is 6.30. The molecule has 2 N–H and O–H groups in total. The molecule has 3 atom stereocenters. The van der Waals surface area contributed by atoms with Crippen LogP contribution in [-0.2, 0) is 6.42 Å². The van der Waals surface area contributed by atoms with Crippen LogP contribution in [0.3, 0.4) is 0 Å². The van der Waals surface area contributed by atoms with Gasteiger partial charge in [-0.05, 0) is 43.2 Å². The summed E-state index contributed by atoms with van der Waals surface area (Å²) in [7, 11) is 0. The summed E-state index contributed by atoms with van der Waals surface area (Å²) >= 11 is 5.70. The molecule has 1 aromatic carbocycles. The molecule has 6 heteroatoms. The predicted octanol–water partition coefficient (Wildman–Crippen LogP) is 4.72. The minimum Gasteiger partial charge on any atom is -0.327 e. The lowest BCUT2D eigenvalue weighted by molar-refractivity contribution is -0.186. The van der Waals surface area contributed by atoms with Crippen molar-refractivity contribution < 1.29 is 17.6 Å². The van der Waals surface area contributed by atoms with Crippen molar-refractivity contribution in [3.8, 4) is 0 Å². The summed E-state index contributed by atoms with van der Waals surface area (Å²) in [5.74, 6) is -2.05.